The summed E-state index contributed by atoms with van der Waals surface area (Å²) < 4.78 is 54.2. The summed E-state index contributed by atoms with van der Waals surface area (Å²) in [5, 5.41) is 9.79. The SMILES string of the molecule is CCCCN(CCCC)c1cc(CO)cc(S(=O)(=O)CC)c1C1C=C(F)C=C(F)C1. The third-order valence-corrected chi connectivity index (χ3v) is 7.19. The summed E-state index contributed by atoms with van der Waals surface area (Å²) >= 11 is 0. The summed E-state index contributed by atoms with van der Waals surface area (Å²) in [6.45, 7) is 6.82. The van der Waals surface area contributed by atoms with E-state index in [9.17, 15) is 22.3 Å². The van der Waals surface area contributed by atoms with Crippen molar-refractivity contribution in [2.24, 2.45) is 0 Å². The zero-order valence-electron chi connectivity index (χ0n) is 18.1. The van der Waals surface area contributed by atoms with Gasteiger partial charge in [0.15, 0.2) is 9.84 Å². The number of nitrogens with zero attached hydrogens (tertiary/aromatic N) is 1. The normalized spacial score (nSPS) is 16.9. The van der Waals surface area contributed by atoms with Crippen LogP contribution in [0.3, 0.4) is 0 Å². The lowest BCUT2D eigenvalue weighted by atomic mass is 9.88. The second kappa shape index (κ2) is 11.0. The molecular formula is C23H33F2NO3S. The Bertz CT molecular complexity index is 886. The minimum Gasteiger partial charge on any atom is -0.392 e. The maximum Gasteiger partial charge on any atom is 0.178 e. The topological polar surface area (TPSA) is 57.6 Å². The fraction of sp³-hybridized carbons (Fsp3) is 0.565. The average molecular weight is 442 g/mol. The van der Waals surface area contributed by atoms with Crippen molar-refractivity contribution in [3.05, 3.63) is 47.1 Å². The molecule has 0 aliphatic heterocycles. The number of rotatable bonds is 11. The van der Waals surface area contributed by atoms with E-state index in [2.05, 4.69) is 18.7 Å². The first-order chi connectivity index (χ1) is 14.3. The fourth-order valence-electron chi connectivity index (χ4n) is 3.76. The molecule has 1 N–H and O–H groups in total. The van der Waals surface area contributed by atoms with Gasteiger partial charge >= 0.3 is 0 Å². The molecule has 1 atom stereocenters. The van der Waals surface area contributed by atoms with Gasteiger partial charge in [-0.1, -0.05) is 33.6 Å². The molecule has 0 saturated heterocycles. The highest BCUT2D eigenvalue weighted by Crippen LogP contribution is 2.42. The molecule has 1 unspecified atom stereocenters. The standard InChI is InChI=1S/C23H33F2NO3S/c1-4-7-9-26(10-8-5-2)21-11-17(16-27)12-22(30(28,29)6-3)23(21)18-13-19(24)15-20(25)14-18/h11-13,15,18,27H,4-10,14,16H2,1-3H3. The summed E-state index contributed by atoms with van der Waals surface area (Å²) in [7, 11) is -3.67. The van der Waals surface area contributed by atoms with E-state index in [1.54, 1.807) is 13.0 Å². The Morgan fingerprint density at radius 2 is 1.73 bits per heavy atom. The maximum atomic E-state index is 14.1. The summed E-state index contributed by atoms with van der Waals surface area (Å²) in [6, 6.07) is 3.23. The van der Waals surface area contributed by atoms with Gasteiger partial charge in [0.05, 0.1) is 17.3 Å². The summed E-state index contributed by atoms with van der Waals surface area (Å²) in [5.74, 6) is -2.16. The molecule has 1 aliphatic carbocycles. The van der Waals surface area contributed by atoms with Crippen molar-refractivity contribution in [2.75, 3.05) is 23.7 Å². The lowest BCUT2D eigenvalue weighted by molar-refractivity contribution is 0.281. The first kappa shape index (κ1) is 24.5. The van der Waals surface area contributed by atoms with Crippen LogP contribution < -0.4 is 4.90 Å². The highest BCUT2D eigenvalue weighted by Gasteiger charge is 2.30. The van der Waals surface area contributed by atoms with Crippen molar-refractivity contribution in [2.45, 2.75) is 70.3 Å². The van der Waals surface area contributed by atoms with Gasteiger partial charge in [-0.3, -0.25) is 0 Å². The smallest absolute Gasteiger partial charge is 0.178 e. The zero-order chi connectivity index (χ0) is 22.3. The van der Waals surface area contributed by atoms with Crippen molar-refractivity contribution in [3.63, 3.8) is 0 Å². The Hall–Kier alpha value is -1.73. The minimum atomic E-state index is -3.67. The molecule has 0 radical (unpaired) electrons. The maximum absolute atomic E-state index is 14.1. The molecule has 0 spiro atoms. The van der Waals surface area contributed by atoms with Crippen LogP contribution in [0, 0.1) is 0 Å². The van der Waals surface area contributed by atoms with Crippen molar-refractivity contribution < 1.29 is 22.3 Å². The number of hydrogen-bond acceptors (Lipinski definition) is 4. The summed E-state index contributed by atoms with van der Waals surface area (Å²) in [6.07, 6.45) is 5.81. The van der Waals surface area contributed by atoms with Gasteiger partial charge < -0.3 is 10.0 Å². The van der Waals surface area contributed by atoms with E-state index in [0.29, 0.717) is 29.9 Å². The lowest BCUT2D eigenvalue weighted by Gasteiger charge is -2.32. The number of unbranched alkanes of at least 4 members (excludes halogenated alkanes) is 2. The number of benzene rings is 1. The molecule has 30 heavy (non-hydrogen) atoms. The van der Waals surface area contributed by atoms with E-state index in [4.69, 9.17) is 0 Å². The van der Waals surface area contributed by atoms with Gasteiger partial charge in [0.1, 0.15) is 11.7 Å². The number of halogens is 2. The highest BCUT2D eigenvalue weighted by atomic mass is 32.2. The van der Waals surface area contributed by atoms with Crippen LogP contribution in [0.4, 0.5) is 14.5 Å². The van der Waals surface area contributed by atoms with Crippen LogP contribution in [0.1, 0.15) is 69.9 Å². The molecule has 0 saturated carbocycles. The molecule has 7 heteroatoms. The first-order valence-corrected chi connectivity index (χ1v) is 12.4. The molecular weight excluding hydrogens is 408 g/mol. The van der Waals surface area contributed by atoms with Crippen LogP contribution in [0.2, 0.25) is 0 Å². The van der Waals surface area contributed by atoms with Gasteiger partial charge in [0, 0.05) is 42.8 Å². The second-order valence-corrected chi connectivity index (χ2v) is 9.98. The first-order valence-electron chi connectivity index (χ1n) is 10.8. The average Bonchev–Trinajstić information content (AvgIpc) is 2.72. The molecule has 1 aromatic carbocycles. The van der Waals surface area contributed by atoms with E-state index >= 15 is 0 Å². The van der Waals surface area contributed by atoms with Crippen LogP contribution >= 0.6 is 0 Å². The van der Waals surface area contributed by atoms with Crippen LogP contribution in [0.15, 0.2) is 40.8 Å². The van der Waals surface area contributed by atoms with E-state index < -0.39 is 27.4 Å². The van der Waals surface area contributed by atoms with Gasteiger partial charge in [-0.2, -0.15) is 0 Å². The monoisotopic (exact) mass is 441 g/mol. The molecule has 1 aromatic rings. The Kier molecular flexibility index (Phi) is 9.04. The van der Waals surface area contributed by atoms with Gasteiger partial charge in [0.2, 0.25) is 0 Å². The highest BCUT2D eigenvalue weighted by molar-refractivity contribution is 7.91. The van der Waals surface area contributed by atoms with Gasteiger partial charge in [0.25, 0.3) is 0 Å². The van der Waals surface area contributed by atoms with Crippen LogP contribution in [-0.4, -0.2) is 32.4 Å². The third-order valence-electron chi connectivity index (χ3n) is 5.42. The fourth-order valence-corrected chi connectivity index (χ4v) is 4.99. The zero-order valence-corrected chi connectivity index (χ0v) is 18.9. The molecule has 2 rings (SSSR count). The Balaban J connectivity index is 2.77. The molecule has 0 bridgehead atoms. The van der Waals surface area contributed by atoms with Crippen molar-refractivity contribution in [1.82, 2.24) is 0 Å². The van der Waals surface area contributed by atoms with E-state index in [1.807, 2.05) is 0 Å². The Morgan fingerprint density at radius 1 is 1.10 bits per heavy atom. The number of sulfone groups is 1. The van der Waals surface area contributed by atoms with Crippen molar-refractivity contribution in [1.29, 1.82) is 0 Å². The van der Waals surface area contributed by atoms with Gasteiger partial charge in [-0.15, -0.1) is 0 Å². The Labute approximate surface area is 179 Å². The van der Waals surface area contributed by atoms with E-state index in [0.717, 1.165) is 31.8 Å². The van der Waals surface area contributed by atoms with Crippen molar-refractivity contribution in [3.8, 4) is 0 Å². The van der Waals surface area contributed by atoms with Crippen LogP contribution in [-0.2, 0) is 16.4 Å². The third kappa shape index (κ3) is 5.91. The van der Waals surface area contributed by atoms with Crippen molar-refractivity contribution >= 4 is 15.5 Å². The molecule has 0 heterocycles. The van der Waals surface area contributed by atoms with Crippen LogP contribution in [0.5, 0.6) is 0 Å². The van der Waals surface area contributed by atoms with E-state index in [-0.39, 0.29) is 23.7 Å². The number of hydrogen-bond donors (Lipinski definition) is 1. The number of allylic oxidation sites excluding steroid dienone is 4. The second-order valence-electron chi connectivity index (χ2n) is 7.74. The molecule has 168 valence electrons. The van der Waals surface area contributed by atoms with Gasteiger partial charge in [-0.05, 0) is 36.6 Å². The largest absolute Gasteiger partial charge is 0.392 e. The number of anilines is 1. The summed E-state index contributed by atoms with van der Waals surface area (Å²) in [4.78, 5) is 2.17. The van der Waals surface area contributed by atoms with E-state index in [1.165, 1.54) is 12.1 Å². The lowest BCUT2D eigenvalue weighted by Crippen LogP contribution is -2.28. The molecule has 0 aromatic heterocycles. The van der Waals surface area contributed by atoms with Crippen LogP contribution in [0.25, 0.3) is 0 Å². The number of aliphatic hydroxyl groups is 1. The Morgan fingerprint density at radius 3 is 2.23 bits per heavy atom. The molecule has 4 nitrogen and oxygen atoms in total. The molecule has 1 aliphatic rings. The predicted octanol–water partition coefficient (Wildman–Crippen LogP) is 5.57. The predicted molar refractivity (Wildman–Crippen MR) is 118 cm³/mol. The molecule has 0 fully saturated rings. The minimum absolute atomic E-state index is 0.0632. The quantitative estimate of drug-likeness (QED) is 0.487. The molecule has 0 amide bonds. The summed E-state index contributed by atoms with van der Waals surface area (Å²) in [5.41, 5.74) is 1.56. The van der Waals surface area contributed by atoms with Gasteiger partial charge in [-0.25, -0.2) is 17.2 Å². The number of aliphatic hydroxyl groups excluding tert-OH is 1.